The van der Waals surface area contributed by atoms with Gasteiger partial charge in [0, 0.05) is 23.9 Å². The largest absolute Gasteiger partial charge is 0.215 e. The van der Waals surface area contributed by atoms with Gasteiger partial charge in [0.25, 0.3) is 0 Å². The number of thioether (sulfide) groups is 4. The van der Waals surface area contributed by atoms with Gasteiger partial charge in [-0.15, -0.1) is 23.5 Å². The van der Waals surface area contributed by atoms with E-state index in [0.717, 1.165) is 0 Å². The van der Waals surface area contributed by atoms with Crippen LogP contribution in [0.1, 0.15) is 0 Å². The first kappa shape index (κ1) is 11.9. The molecule has 0 N–H and O–H groups in total. The molecule has 0 aromatic rings. The third-order valence-corrected chi connectivity index (χ3v) is 12.1. The van der Waals surface area contributed by atoms with Gasteiger partial charge in [0.2, 0.25) is 0 Å². The van der Waals surface area contributed by atoms with E-state index in [2.05, 4.69) is 21.3 Å². The van der Waals surface area contributed by atoms with Crippen molar-refractivity contribution in [2.45, 2.75) is 6.82 Å². The summed E-state index contributed by atoms with van der Waals surface area (Å²) in [5.74, 6) is 0. The normalized spacial score (nSPS) is 41.0. The van der Waals surface area contributed by atoms with E-state index >= 15 is 0 Å². The molecule has 0 spiro atoms. The molecule has 0 fully saturated rings. The van der Waals surface area contributed by atoms with Crippen LogP contribution in [0.15, 0.2) is 8.80 Å². The van der Waals surface area contributed by atoms with Crippen molar-refractivity contribution in [3.63, 3.8) is 0 Å². The summed E-state index contributed by atoms with van der Waals surface area (Å²) in [5, 5.41) is 0. The van der Waals surface area contributed by atoms with E-state index in [0.29, 0.717) is 0 Å². The van der Waals surface area contributed by atoms with Crippen LogP contribution >= 0.6 is 70.9 Å². The lowest BCUT2D eigenvalue weighted by molar-refractivity contribution is 1.22. The van der Waals surface area contributed by atoms with Gasteiger partial charge >= 0.3 is 0 Å². The van der Waals surface area contributed by atoms with Crippen molar-refractivity contribution in [1.82, 2.24) is 0 Å². The average molecular weight is 301 g/mol. The molecule has 2 nitrogen and oxygen atoms in total. The predicted molar refractivity (Wildman–Crippen MR) is 79.8 cm³/mol. The van der Waals surface area contributed by atoms with Gasteiger partial charge in [-0.25, -0.2) is 8.80 Å². The summed E-state index contributed by atoms with van der Waals surface area (Å²) in [5.41, 5.74) is 3.89. The van der Waals surface area contributed by atoms with Crippen LogP contribution in [0.4, 0.5) is 0 Å². The lowest BCUT2D eigenvalue weighted by Gasteiger charge is -2.38. The zero-order chi connectivity index (χ0) is 10.1. The van der Waals surface area contributed by atoms with E-state index in [9.17, 15) is 0 Å². The number of hydrogen-bond donors (Lipinski definition) is 0. The van der Waals surface area contributed by atoms with E-state index < -0.39 is 0 Å². The fourth-order valence-electron chi connectivity index (χ4n) is 1.08. The predicted octanol–water partition coefficient (Wildman–Crippen LogP) is 3.87. The highest BCUT2D eigenvalue weighted by Gasteiger charge is 2.57. The maximum Gasteiger partial charge on any atom is 0.169 e. The summed E-state index contributed by atoms with van der Waals surface area (Å²) >= 11 is 10.6. The van der Waals surface area contributed by atoms with E-state index in [-0.39, 0.29) is 6.82 Å². The quantitative estimate of drug-likeness (QED) is 0.734. The van der Waals surface area contributed by atoms with Crippen LogP contribution in [0.3, 0.4) is 0 Å². The topological polar surface area (TPSA) is 24.7 Å². The van der Waals surface area contributed by atoms with Crippen molar-refractivity contribution in [3.05, 3.63) is 0 Å². The zero-order valence-electron chi connectivity index (χ0n) is 7.50. The Morgan fingerprint density at radius 2 is 1.36 bits per heavy atom. The van der Waals surface area contributed by atoms with Crippen LogP contribution in [0.25, 0.3) is 0 Å². The smallest absolute Gasteiger partial charge is 0.169 e. The van der Waals surface area contributed by atoms with E-state index in [1.54, 1.807) is 47.4 Å². The second-order valence-corrected chi connectivity index (χ2v) is 10.1. The first-order valence-electron chi connectivity index (χ1n) is 3.64. The first-order chi connectivity index (χ1) is 6.79. The monoisotopic (exact) mass is 300 g/mol. The fourth-order valence-corrected chi connectivity index (χ4v) is 9.12. The van der Waals surface area contributed by atoms with Crippen LogP contribution in [0.2, 0.25) is 0 Å². The molecule has 2 unspecified atom stereocenters. The molecule has 0 aromatic heterocycles. The van der Waals surface area contributed by atoms with Crippen LogP contribution in [0.5, 0.6) is 0 Å². The van der Waals surface area contributed by atoms with Crippen molar-refractivity contribution >= 4 is 82.0 Å². The summed E-state index contributed by atoms with van der Waals surface area (Å²) in [7, 11) is 0. The van der Waals surface area contributed by atoms with Gasteiger partial charge < -0.3 is 0 Å². The van der Waals surface area contributed by atoms with E-state index in [1.807, 2.05) is 34.6 Å². The molecular weight excluding hydrogens is 292 g/mol. The van der Waals surface area contributed by atoms with Gasteiger partial charge in [0.05, 0.1) is 11.1 Å². The lowest BCUT2D eigenvalue weighted by atomic mass is 10.9. The molecule has 0 bridgehead atoms. The third-order valence-electron chi connectivity index (χ3n) is 1.76. The second kappa shape index (κ2) is 4.75. The SMILES string of the molecule is CSC1(C2(SC)SC=NS2)SC=NS1. The van der Waals surface area contributed by atoms with Crippen LogP contribution in [0, 0.1) is 0 Å². The van der Waals surface area contributed by atoms with Crippen molar-refractivity contribution < 1.29 is 0 Å². The molecule has 14 heavy (non-hydrogen) atoms. The summed E-state index contributed by atoms with van der Waals surface area (Å²) in [4.78, 5) is 0. The van der Waals surface area contributed by atoms with Crippen LogP contribution < -0.4 is 0 Å². The van der Waals surface area contributed by atoms with Gasteiger partial charge in [0.15, 0.2) is 6.82 Å². The maximum absolute atomic E-state index is 4.28. The van der Waals surface area contributed by atoms with E-state index in [4.69, 9.17) is 0 Å². The molecule has 2 aliphatic heterocycles. The Labute approximate surface area is 109 Å². The van der Waals surface area contributed by atoms with Gasteiger partial charge in [-0.1, -0.05) is 23.5 Å². The van der Waals surface area contributed by atoms with Crippen molar-refractivity contribution in [3.8, 4) is 0 Å². The Hall–Kier alpha value is 1.44. The minimum Gasteiger partial charge on any atom is -0.215 e. The average Bonchev–Trinajstić information content (AvgIpc) is 2.88. The molecule has 8 heteroatoms. The third kappa shape index (κ3) is 1.75. The zero-order valence-corrected chi connectivity index (χ0v) is 12.4. The highest BCUT2D eigenvalue weighted by molar-refractivity contribution is 8.48. The fraction of sp³-hybridized carbons (Fsp3) is 0.667. The number of rotatable bonds is 3. The maximum atomic E-state index is 4.28. The van der Waals surface area contributed by atoms with Crippen molar-refractivity contribution in [1.29, 1.82) is 0 Å². The molecule has 78 valence electrons. The molecule has 0 amide bonds. The molecule has 0 saturated heterocycles. The van der Waals surface area contributed by atoms with Gasteiger partial charge in [-0.3, -0.25) is 0 Å². The first-order valence-corrected chi connectivity index (χ1v) is 9.40. The van der Waals surface area contributed by atoms with Crippen molar-refractivity contribution in [2.75, 3.05) is 12.5 Å². The molecule has 0 saturated carbocycles. The van der Waals surface area contributed by atoms with Crippen LogP contribution in [-0.4, -0.2) is 30.4 Å². The van der Waals surface area contributed by atoms with Crippen LogP contribution in [-0.2, 0) is 0 Å². The Morgan fingerprint density at radius 3 is 1.57 bits per heavy atom. The number of nitrogens with zero attached hydrogens (tertiary/aromatic N) is 2. The molecule has 0 radical (unpaired) electrons. The second-order valence-electron chi connectivity index (χ2n) is 2.36. The molecule has 0 aromatic carbocycles. The molecule has 2 heterocycles. The lowest BCUT2D eigenvalue weighted by Crippen LogP contribution is -2.35. The minimum absolute atomic E-state index is 0.0538. The molecular formula is C6H8N2S6. The summed E-state index contributed by atoms with van der Waals surface area (Å²) in [6.45, 7) is 0. The Morgan fingerprint density at radius 1 is 0.929 bits per heavy atom. The Bertz CT molecular complexity index is 233. The minimum atomic E-state index is 0.0538. The van der Waals surface area contributed by atoms with Crippen molar-refractivity contribution in [2.24, 2.45) is 8.80 Å². The Balaban J connectivity index is 2.25. The summed E-state index contributed by atoms with van der Waals surface area (Å²) in [6.07, 6.45) is 4.29. The molecule has 2 atom stereocenters. The van der Waals surface area contributed by atoms with Gasteiger partial charge in [-0.2, -0.15) is 0 Å². The Kier molecular flexibility index (Phi) is 4.04. The molecule has 2 rings (SSSR count). The summed E-state index contributed by atoms with van der Waals surface area (Å²) in [6, 6.07) is 0. The summed E-state index contributed by atoms with van der Waals surface area (Å²) < 4.78 is 8.67. The van der Waals surface area contributed by atoms with Gasteiger partial charge in [0.1, 0.15) is 0 Å². The highest BCUT2D eigenvalue weighted by Crippen LogP contribution is 2.69. The van der Waals surface area contributed by atoms with E-state index in [1.165, 1.54) is 0 Å². The molecule has 0 aliphatic carbocycles. The van der Waals surface area contributed by atoms with Gasteiger partial charge in [-0.05, 0) is 12.5 Å². The molecule has 2 aliphatic rings. The highest BCUT2D eigenvalue weighted by atomic mass is 32.3. The standard InChI is InChI=1S/C6H8N2S6/c1-9-5(11-3-7-13-5)6(10-2)12-4-8-14-6/h3-4H,1-2H3. The number of hydrogen-bond acceptors (Lipinski definition) is 8.